The highest BCUT2D eigenvalue weighted by Crippen LogP contribution is 2.38. The number of aromatic nitrogens is 2. The molecule has 1 amide bonds. The molecule has 2 fully saturated rings. The number of rotatable bonds is 4. The van der Waals surface area contributed by atoms with Crippen molar-refractivity contribution >= 4 is 27.5 Å². The van der Waals surface area contributed by atoms with Crippen LogP contribution in [0.3, 0.4) is 0 Å². The second-order valence-electron chi connectivity index (χ2n) is 7.77. The number of thiophene rings is 1. The van der Waals surface area contributed by atoms with Crippen molar-refractivity contribution in [3.8, 4) is 22.8 Å². The molecule has 2 aliphatic rings. The number of benzene rings is 1. The fourth-order valence-electron chi connectivity index (χ4n) is 4.33. The summed E-state index contributed by atoms with van der Waals surface area (Å²) < 4.78 is 24.2. The van der Waals surface area contributed by atoms with Crippen LogP contribution in [-0.2, 0) is 16.5 Å². The van der Waals surface area contributed by atoms with Gasteiger partial charge in [-0.1, -0.05) is 0 Å². The normalized spacial score (nSPS) is 18.1. The molecule has 4 heterocycles. The minimum Gasteiger partial charge on any atom is -0.493 e. The van der Waals surface area contributed by atoms with Gasteiger partial charge in [-0.05, 0) is 24.3 Å². The van der Waals surface area contributed by atoms with Gasteiger partial charge in [0, 0.05) is 43.9 Å². The zero-order chi connectivity index (χ0) is 21.6. The summed E-state index contributed by atoms with van der Waals surface area (Å²) >= 11 is 1.47. The third kappa shape index (κ3) is 3.46. The van der Waals surface area contributed by atoms with Crippen molar-refractivity contribution in [2.45, 2.75) is 18.6 Å². The Balaban J connectivity index is 1.43. The third-order valence-electron chi connectivity index (χ3n) is 6.01. The molecule has 9 heteroatoms. The van der Waals surface area contributed by atoms with Crippen LogP contribution in [-0.4, -0.2) is 66.9 Å². The maximum Gasteiger partial charge on any atom is 0.264 e. The topological polar surface area (TPSA) is 75.1 Å². The van der Waals surface area contributed by atoms with E-state index in [1.54, 1.807) is 14.2 Å². The Labute approximate surface area is 184 Å². The highest BCUT2D eigenvalue weighted by molar-refractivity contribution is 7.20. The van der Waals surface area contributed by atoms with E-state index in [-0.39, 0.29) is 5.91 Å². The Kier molecular flexibility index (Phi) is 5.11. The number of hydrogen-bond donors (Lipinski definition) is 0. The lowest BCUT2D eigenvalue weighted by Crippen LogP contribution is -2.47. The summed E-state index contributed by atoms with van der Waals surface area (Å²) in [5, 5.41) is 5.64. The average molecular weight is 444 g/mol. The number of likely N-dealkylation sites (tertiary alicyclic amines) is 1. The van der Waals surface area contributed by atoms with Gasteiger partial charge in [0.2, 0.25) is 0 Å². The van der Waals surface area contributed by atoms with Gasteiger partial charge in [0.25, 0.3) is 5.91 Å². The highest BCUT2D eigenvalue weighted by Gasteiger charge is 2.41. The molecule has 5 rings (SSSR count). The minimum absolute atomic E-state index is 0.0484. The first-order chi connectivity index (χ1) is 15.0. The summed E-state index contributed by atoms with van der Waals surface area (Å²) in [6.07, 6.45) is 1.42. The third-order valence-corrected chi connectivity index (χ3v) is 7.20. The summed E-state index contributed by atoms with van der Waals surface area (Å²) in [4.78, 5) is 16.8. The Hall–Kier alpha value is -2.62. The molecule has 0 aliphatic carbocycles. The van der Waals surface area contributed by atoms with Crippen LogP contribution in [0, 0.1) is 0 Å². The summed E-state index contributed by atoms with van der Waals surface area (Å²) in [5.41, 5.74) is 1.73. The van der Waals surface area contributed by atoms with E-state index in [1.165, 1.54) is 11.3 Å². The van der Waals surface area contributed by atoms with Crippen molar-refractivity contribution in [1.82, 2.24) is 14.7 Å². The lowest BCUT2D eigenvalue weighted by Gasteiger charge is -2.37. The predicted molar refractivity (Wildman–Crippen MR) is 117 cm³/mol. The summed E-state index contributed by atoms with van der Waals surface area (Å²) in [6, 6.07) is 7.68. The van der Waals surface area contributed by atoms with E-state index in [1.807, 2.05) is 40.9 Å². The number of aryl methyl sites for hydroxylation is 1. The molecule has 2 saturated heterocycles. The molecule has 2 aromatic heterocycles. The number of hydrogen-bond acceptors (Lipinski definition) is 7. The monoisotopic (exact) mass is 443 g/mol. The van der Waals surface area contributed by atoms with Crippen LogP contribution >= 0.6 is 11.3 Å². The average Bonchev–Trinajstić information content (AvgIpc) is 3.51. The molecule has 3 aromatic rings. The van der Waals surface area contributed by atoms with Crippen LogP contribution in [0.15, 0.2) is 24.3 Å². The van der Waals surface area contributed by atoms with E-state index < -0.39 is 5.79 Å². The lowest BCUT2D eigenvalue weighted by atomic mass is 10.0. The summed E-state index contributed by atoms with van der Waals surface area (Å²) in [5.74, 6) is 0.871. The number of piperidine rings is 1. The first kappa shape index (κ1) is 20.3. The molecule has 0 radical (unpaired) electrons. The van der Waals surface area contributed by atoms with Crippen molar-refractivity contribution in [3.63, 3.8) is 0 Å². The van der Waals surface area contributed by atoms with E-state index in [2.05, 4.69) is 5.10 Å². The van der Waals surface area contributed by atoms with E-state index in [0.29, 0.717) is 55.5 Å². The number of carbonyl (C=O) groups is 1. The van der Waals surface area contributed by atoms with Gasteiger partial charge < -0.3 is 23.8 Å². The van der Waals surface area contributed by atoms with Crippen molar-refractivity contribution in [3.05, 3.63) is 29.1 Å². The molecular formula is C22H25N3O5S. The fraction of sp³-hybridized carbons (Fsp3) is 0.455. The van der Waals surface area contributed by atoms with Crippen molar-refractivity contribution in [2.75, 3.05) is 40.5 Å². The molecule has 0 saturated carbocycles. The molecule has 0 bridgehead atoms. The van der Waals surface area contributed by atoms with Gasteiger partial charge >= 0.3 is 0 Å². The molecule has 0 atom stereocenters. The molecule has 1 aromatic carbocycles. The molecule has 0 N–H and O–H groups in total. The van der Waals surface area contributed by atoms with Crippen LogP contribution in [0.4, 0.5) is 0 Å². The lowest BCUT2D eigenvalue weighted by molar-refractivity contribution is -0.181. The molecule has 31 heavy (non-hydrogen) atoms. The zero-order valence-electron chi connectivity index (χ0n) is 17.8. The largest absolute Gasteiger partial charge is 0.493 e. The first-order valence-electron chi connectivity index (χ1n) is 10.3. The van der Waals surface area contributed by atoms with Gasteiger partial charge in [-0.3, -0.25) is 9.48 Å². The first-order valence-corrected chi connectivity index (χ1v) is 11.1. The Morgan fingerprint density at radius 2 is 1.81 bits per heavy atom. The van der Waals surface area contributed by atoms with Crippen LogP contribution in [0.2, 0.25) is 0 Å². The van der Waals surface area contributed by atoms with Crippen LogP contribution < -0.4 is 9.47 Å². The molecule has 8 nitrogen and oxygen atoms in total. The Bertz CT molecular complexity index is 1120. The summed E-state index contributed by atoms with van der Waals surface area (Å²) in [7, 11) is 5.12. The molecule has 0 unspecified atom stereocenters. The number of amides is 1. The zero-order valence-corrected chi connectivity index (χ0v) is 18.7. The van der Waals surface area contributed by atoms with Gasteiger partial charge in [0.05, 0.1) is 32.3 Å². The van der Waals surface area contributed by atoms with Gasteiger partial charge in [0.1, 0.15) is 10.5 Å². The maximum atomic E-state index is 13.2. The standard InChI is InChI=1S/C22H25N3O5S/c1-24-21-15(19(23-24)14-4-5-16(27-2)17(12-14)28-3)13-18(31-21)20(26)25-8-6-22(7-9-25)29-10-11-30-22/h4-5,12-13H,6-11H2,1-3H3. The van der Waals surface area contributed by atoms with Crippen LogP contribution in [0.25, 0.3) is 21.5 Å². The predicted octanol–water partition coefficient (Wildman–Crippen LogP) is 3.30. The van der Waals surface area contributed by atoms with Crippen molar-refractivity contribution in [2.24, 2.45) is 7.05 Å². The van der Waals surface area contributed by atoms with Crippen LogP contribution in [0.1, 0.15) is 22.5 Å². The molecule has 2 aliphatic heterocycles. The van der Waals surface area contributed by atoms with E-state index in [0.717, 1.165) is 21.5 Å². The molecule has 164 valence electrons. The van der Waals surface area contributed by atoms with E-state index >= 15 is 0 Å². The van der Waals surface area contributed by atoms with Gasteiger partial charge in [0.15, 0.2) is 17.3 Å². The fourth-order valence-corrected chi connectivity index (χ4v) is 5.37. The van der Waals surface area contributed by atoms with E-state index in [9.17, 15) is 4.79 Å². The second kappa shape index (κ2) is 7.81. The van der Waals surface area contributed by atoms with Gasteiger partial charge in [-0.25, -0.2) is 0 Å². The molecular weight excluding hydrogens is 418 g/mol. The second-order valence-corrected chi connectivity index (χ2v) is 8.80. The highest BCUT2D eigenvalue weighted by atomic mass is 32.1. The quantitative estimate of drug-likeness (QED) is 0.616. The number of carbonyl (C=O) groups excluding carboxylic acids is 1. The summed E-state index contributed by atoms with van der Waals surface area (Å²) in [6.45, 7) is 2.54. The van der Waals surface area contributed by atoms with Crippen LogP contribution in [0.5, 0.6) is 11.5 Å². The maximum absolute atomic E-state index is 13.2. The smallest absolute Gasteiger partial charge is 0.264 e. The van der Waals surface area contributed by atoms with Crippen molar-refractivity contribution in [1.29, 1.82) is 0 Å². The van der Waals surface area contributed by atoms with E-state index in [4.69, 9.17) is 18.9 Å². The van der Waals surface area contributed by atoms with Crippen molar-refractivity contribution < 1.29 is 23.7 Å². The molecule has 1 spiro atoms. The van der Waals surface area contributed by atoms with Gasteiger partial charge in [-0.15, -0.1) is 11.3 Å². The minimum atomic E-state index is -0.485. The SMILES string of the molecule is COc1ccc(-c2nn(C)c3sc(C(=O)N4CCC5(CC4)OCCO5)cc23)cc1OC. The number of fused-ring (bicyclic) bond motifs is 1. The Morgan fingerprint density at radius 1 is 1.10 bits per heavy atom. The van der Waals surface area contributed by atoms with Gasteiger partial charge in [-0.2, -0.15) is 5.10 Å². The number of ether oxygens (including phenoxy) is 4. The number of nitrogens with zero attached hydrogens (tertiary/aromatic N) is 3. The number of methoxy groups -OCH3 is 2. The Morgan fingerprint density at radius 3 is 2.48 bits per heavy atom.